The van der Waals surface area contributed by atoms with E-state index in [4.69, 9.17) is 11.6 Å². The van der Waals surface area contributed by atoms with Crippen molar-refractivity contribution in [2.45, 2.75) is 12.5 Å². The number of nitrogens with one attached hydrogen (secondary N) is 1. The molecule has 1 saturated heterocycles. The number of anilines is 1. The molecule has 1 aromatic heterocycles. The molecule has 1 fully saturated rings. The Hall–Kier alpha value is -3.23. The second kappa shape index (κ2) is 8.64. The van der Waals surface area contributed by atoms with Crippen LogP contribution in [0.15, 0.2) is 61.1 Å². The average molecular weight is 426 g/mol. The lowest BCUT2D eigenvalue weighted by atomic mass is 10.0. The monoisotopic (exact) mass is 425 g/mol. The highest BCUT2D eigenvalue weighted by Crippen LogP contribution is 2.28. The first-order chi connectivity index (χ1) is 14.5. The molecule has 4 rings (SSSR count). The van der Waals surface area contributed by atoms with Crippen LogP contribution in [0, 0.1) is 10.1 Å². The van der Waals surface area contributed by atoms with Gasteiger partial charge < -0.3 is 9.88 Å². The molecule has 1 aliphatic rings. The number of hydrogen-bond donors (Lipinski definition) is 1. The van der Waals surface area contributed by atoms with Crippen molar-refractivity contribution in [1.82, 2.24) is 14.9 Å². The van der Waals surface area contributed by atoms with Gasteiger partial charge in [-0.05, 0) is 30.2 Å². The Morgan fingerprint density at radius 3 is 2.63 bits per heavy atom. The van der Waals surface area contributed by atoms with E-state index in [9.17, 15) is 14.9 Å². The first-order valence-electron chi connectivity index (χ1n) is 9.53. The molecule has 1 atom stereocenters. The van der Waals surface area contributed by atoms with Crippen LogP contribution < -0.4 is 4.90 Å². The lowest BCUT2D eigenvalue weighted by Gasteiger charge is -2.38. The van der Waals surface area contributed by atoms with Crippen LogP contribution in [0.5, 0.6) is 0 Å². The number of nitro benzene ring substituents is 1. The molecule has 8 nitrogen and oxygen atoms in total. The molecule has 9 heteroatoms. The Bertz CT molecular complexity index is 1040. The first kappa shape index (κ1) is 20.1. The molecule has 2 heterocycles. The molecule has 1 unspecified atom stereocenters. The lowest BCUT2D eigenvalue weighted by Crippen LogP contribution is -2.51. The summed E-state index contributed by atoms with van der Waals surface area (Å²) >= 11 is 6.08. The second-order valence-electron chi connectivity index (χ2n) is 7.15. The van der Waals surface area contributed by atoms with Crippen LogP contribution in [0.2, 0.25) is 5.02 Å². The Kier molecular flexibility index (Phi) is 5.78. The van der Waals surface area contributed by atoms with Gasteiger partial charge in [-0.2, -0.15) is 0 Å². The summed E-state index contributed by atoms with van der Waals surface area (Å²) in [6, 6.07) is 13.7. The van der Waals surface area contributed by atoms with Crippen LogP contribution in [-0.4, -0.2) is 45.3 Å². The minimum absolute atomic E-state index is 0.00303. The summed E-state index contributed by atoms with van der Waals surface area (Å²) in [5, 5.41) is 11.5. The number of rotatable bonds is 6. The van der Waals surface area contributed by atoms with Gasteiger partial charge in [0, 0.05) is 42.1 Å². The van der Waals surface area contributed by atoms with Gasteiger partial charge in [0.2, 0.25) is 5.91 Å². The zero-order chi connectivity index (χ0) is 21.1. The van der Waals surface area contributed by atoms with Gasteiger partial charge in [0.15, 0.2) is 0 Å². The van der Waals surface area contributed by atoms with Crippen molar-refractivity contribution in [1.29, 1.82) is 0 Å². The van der Waals surface area contributed by atoms with Crippen LogP contribution in [0.25, 0.3) is 0 Å². The number of H-pyrrole nitrogens is 1. The summed E-state index contributed by atoms with van der Waals surface area (Å²) in [7, 11) is 0. The Labute approximate surface area is 178 Å². The smallest absolute Gasteiger partial charge is 0.269 e. The molecular formula is C21H20ClN5O3. The number of piperazine rings is 1. The minimum atomic E-state index is -0.413. The summed E-state index contributed by atoms with van der Waals surface area (Å²) in [4.78, 5) is 34.5. The maximum absolute atomic E-state index is 12.9. The van der Waals surface area contributed by atoms with Crippen LogP contribution in [0.4, 0.5) is 11.4 Å². The third-order valence-electron chi connectivity index (χ3n) is 5.27. The van der Waals surface area contributed by atoms with Gasteiger partial charge in [0.25, 0.3) is 5.69 Å². The maximum Gasteiger partial charge on any atom is 0.269 e. The fraction of sp³-hybridized carbons (Fsp3) is 0.238. The van der Waals surface area contributed by atoms with E-state index in [0.717, 1.165) is 16.9 Å². The normalized spacial score (nSPS) is 15.9. The van der Waals surface area contributed by atoms with E-state index in [-0.39, 0.29) is 24.2 Å². The average Bonchev–Trinajstić information content (AvgIpc) is 3.27. The molecule has 2 aromatic carbocycles. The topological polar surface area (TPSA) is 95.4 Å². The number of aromatic nitrogens is 2. The number of hydrogen-bond acceptors (Lipinski definition) is 5. The van der Waals surface area contributed by atoms with E-state index in [1.807, 2.05) is 12.1 Å². The van der Waals surface area contributed by atoms with Crippen molar-refractivity contribution >= 4 is 28.9 Å². The number of benzene rings is 2. The number of non-ortho nitro benzene ring substituents is 1. The fourth-order valence-electron chi connectivity index (χ4n) is 3.74. The van der Waals surface area contributed by atoms with E-state index in [1.165, 1.54) is 12.1 Å². The van der Waals surface area contributed by atoms with Gasteiger partial charge in [0.05, 0.1) is 29.5 Å². The molecule has 154 valence electrons. The van der Waals surface area contributed by atoms with Crippen LogP contribution in [-0.2, 0) is 11.2 Å². The zero-order valence-corrected chi connectivity index (χ0v) is 16.8. The molecule has 0 bridgehead atoms. The number of imidazole rings is 1. The maximum atomic E-state index is 12.9. The van der Waals surface area contributed by atoms with Gasteiger partial charge >= 0.3 is 0 Å². The van der Waals surface area contributed by atoms with Crippen LogP contribution >= 0.6 is 11.6 Å². The Balaban J connectivity index is 1.52. The number of nitro groups is 1. The largest absolute Gasteiger partial charge is 0.347 e. The minimum Gasteiger partial charge on any atom is -0.347 e. The van der Waals surface area contributed by atoms with E-state index in [0.29, 0.717) is 24.5 Å². The number of amides is 1. The molecule has 0 spiro atoms. The zero-order valence-electron chi connectivity index (χ0n) is 16.1. The second-order valence-corrected chi connectivity index (χ2v) is 7.58. The van der Waals surface area contributed by atoms with Gasteiger partial charge in [-0.1, -0.05) is 29.8 Å². The quantitative estimate of drug-likeness (QED) is 0.481. The van der Waals surface area contributed by atoms with Crippen molar-refractivity contribution in [3.63, 3.8) is 0 Å². The van der Waals surface area contributed by atoms with Gasteiger partial charge in [-0.3, -0.25) is 19.8 Å². The standard InChI is InChI=1S/C21H20ClN5O3/c22-16-2-1-3-18(11-16)26-9-8-25(13-21(26)28)20(19-12-23-14-24-19)10-15-4-6-17(7-5-15)27(29)30/h1-7,11-12,14,20H,8-10,13H2,(H,23,24). The Morgan fingerprint density at radius 2 is 2.00 bits per heavy atom. The van der Waals surface area contributed by atoms with Crippen molar-refractivity contribution < 1.29 is 9.72 Å². The van der Waals surface area contributed by atoms with E-state index in [2.05, 4.69) is 14.9 Å². The van der Waals surface area contributed by atoms with Gasteiger partial charge in [-0.25, -0.2) is 4.98 Å². The number of nitrogens with zero attached hydrogens (tertiary/aromatic N) is 4. The molecule has 0 saturated carbocycles. The molecule has 1 amide bonds. The molecule has 3 aromatic rings. The third kappa shape index (κ3) is 4.34. The summed E-state index contributed by atoms with van der Waals surface area (Å²) in [5.41, 5.74) is 2.70. The summed E-state index contributed by atoms with van der Waals surface area (Å²) in [6.07, 6.45) is 3.97. The van der Waals surface area contributed by atoms with Crippen LogP contribution in [0.3, 0.4) is 0 Å². The molecule has 0 radical (unpaired) electrons. The van der Waals surface area contributed by atoms with Crippen molar-refractivity contribution in [3.8, 4) is 0 Å². The number of aromatic amines is 1. The molecule has 1 N–H and O–H groups in total. The lowest BCUT2D eigenvalue weighted by molar-refractivity contribution is -0.384. The van der Waals surface area contributed by atoms with E-state index >= 15 is 0 Å². The van der Waals surface area contributed by atoms with Gasteiger partial charge in [-0.15, -0.1) is 0 Å². The van der Waals surface area contributed by atoms with Crippen molar-refractivity contribution in [2.24, 2.45) is 0 Å². The predicted molar refractivity (Wildman–Crippen MR) is 114 cm³/mol. The number of carbonyl (C=O) groups excluding carboxylic acids is 1. The number of halogens is 1. The van der Waals surface area contributed by atoms with Crippen molar-refractivity contribution in [3.05, 3.63) is 87.4 Å². The molecular weight excluding hydrogens is 406 g/mol. The highest BCUT2D eigenvalue weighted by atomic mass is 35.5. The summed E-state index contributed by atoms with van der Waals surface area (Å²) in [6.45, 7) is 1.47. The highest BCUT2D eigenvalue weighted by Gasteiger charge is 2.31. The number of carbonyl (C=O) groups is 1. The molecule has 1 aliphatic heterocycles. The fourth-order valence-corrected chi connectivity index (χ4v) is 3.92. The van der Waals surface area contributed by atoms with Crippen LogP contribution in [0.1, 0.15) is 17.3 Å². The van der Waals surface area contributed by atoms with E-state index < -0.39 is 4.92 Å². The molecule has 30 heavy (non-hydrogen) atoms. The molecule has 0 aliphatic carbocycles. The first-order valence-corrected chi connectivity index (χ1v) is 9.90. The summed E-state index contributed by atoms with van der Waals surface area (Å²) < 4.78 is 0. The van der Waals surface area contributed by atoms with Gasteiger partial charge in [0.1, 0.15) is 0 Å². The third-order valence-corrected chi connectivity index (χ3v) is 5.50. The van der Waals surface area contributed by atoms with Crippen molar-refractivity contribution in [2.75, 3.05) is 24.5 Å². The van der Waals surface area contributed by atoms with E-state index in [1.54, 1.807) is 41.7 Å². The predicted octanol–water partition coefficient (Wildman–Crippen LogP) is 3.60. The Morgan fingerprint density at radius 1 is 1.20 bits per heavy atom. The highest BCUT2D eigenvalue weighted by molar-refractivity contribution is 6.30. The SMILES string of the molecule is O=C1CN(C(Cc2ccc([N+](=O)[O-])cc2)c2cnc[nH]2)CCN1c1cccc(Cl)c1. The summed E-state index contributed by atoms with van der Waals surface area (Å²) in [5.74, 6) is -0.00303.